The van der Waals surface area contributed by atoms with Crippen molar-refractivity contribution >= 4 is 23.5 Å². The van der Waals surface area contributed by atoms with E-state index in [9.17, 15) is 0 Å². The fourth-order valence-corrected chi connectivity index (χ4v) is 2.45. The van der Waals surface area contributed by atoms with Gasteiger partial charge in [0.2, 0.25) is 0 Å². The monoisotopic (exact) mass is 310 g/mol. The highest BCUT2D eigenvalue weighted by Gasteiger charge is 2.02. The second kappa shape index (κ2) is 6.50. The fraction of sp³-hybridized carbons (Fsp3) is 0.0556. The van der Waals surface area contributed by atoms with E-state index in [-0.39, 0.29) is 0 Å². The van der Waals surface area contributed by atoms with Crippen LogP contribution in [-0.2, 0) is 0 Å². The van der Waals surface area contributed by atoms with Crippen LogP contribution in [0.25, 0.3) is 5.69 Å². The Balaban J connectivity index is 1.88. The summed E-state index contributed by atoms with van der Waals surface area (Å²) in [7, 11) is 1.59. The molecule has 0 radical (unpaired) electrons. The van der Waals surface area contributed by atoms with Crippen LogP contribution in [0.5, 0.6) is 5.75 Å². The minimum Gasteiger partial charge on any atom is -0.495 e. The summed E-state index contributed by atoms with van der Waals surface area (Å²) < 4.78 is 7.22. The van der Waals surface area contributed by atoms with E-state index in [1.165, 1.54) is 0 Å². The summed E-state index contributed by atoms with van der Waals surface area (Å²) in [5.41, 5.74) is 2.88. The summed E-state index contributed by atoms with van der Waals surface area (Å²) in [5.74, 6) is 0.647. The van der Waals surface area contributed by atoms with Crippen molar-refractivity contribution in [3.8, 4) is 11.4 Å². The second-order valence-corrected chi connectivity index (χ2v) is 5.12. The van der Waals surface area contributed by atoms with Crippen LogP contribution in [0, 0.1) is 0 Å². The molecular weight excluding hydrogens is 296 g/mol. The van der Waals surface area contributed by atoms with Crippen molar-refractivity contribution in [2.75, 3.05) is 7.11 Å². The van der Waals surface area contributed by atoms with Gasteiger partial charge in [-0.15, -0.1) is 0 Å². The summed E-state index contributed by atoms with van der Waals surface area (Å²) in [5, 5.41) is 0.551. The van der Waals surface area contributed by atoms with Crippen LogP contribution in [0.2, 0.25) is 5.02 Å². The molecule has 110 valence electrons. The molecule has 0 bridgehead atoms. The molecule has 0 aliphatic rings. The van der Waals surface area contributed by atoms with Gasteiger partial charge in [0.25, 0.3) is 0 Å². The third kappa shape index (κ3) is 3.05. The Bertz CT molecular complexity index is 794. The molecule has 0 aliphatic heterocycles. The number of nitrogens with zero attached hydrogens (tertiary/aromatic N) is 2. The number of benzene rings is 2. The summed E-state index contributed by atoms with van der Waals surface area (Å²) in [6.07, 6.45) is 3.84. The number of methoxy groups -OCH3 is 1. The summed E-state index contributed by atoms with van der Waals surface area (Å²) in [6.45, 7) is 0. The van der Waals surface area contributed by atoms with Crippen molar-refractivity contribution in [3.63, 3.8) is 0 Å². The number of ether oxygens (including phenoxy) is 1. The van der Waals surface area contributed by atoms with Crippen molar-refractivity contribution in [2.45, 2.75) is 0 Å². The first-order chi connectivity index (χ1) is 10.8. The molecular formula is C18H15ClN2O. The van der Waals surface area contributed by atoms with Gasteiger partial charge in [-0.3, -0.25) is 4.99 Å². The highest BCUT2D eigenvalue weighted by Crippen LogP contribution is 2.28. The molecule has 0 saturated carbocycles. The molecule has 3 rings (SSSR count). The first kappa shape index (κ1) is 14.4. The average Bonchev–Trinajstić information content (AvgIpc) is 3.02. The summed E-state index contributed by atoms with van der Waals surface area (Å²) in [4.78, 5) is 4.49. The highest BCUT2D eigenvalue weighted by molar-refractivity contribution is 6.32. The predicted octanol–water partition coefficient (Wildman–Crippen LogP) is 4.89. The van der Waals surface area contributed by atoms with E-state index in [1.54, 1.807) is 13.2 Å². The van der Waals surface area contributed by atoms with Gasteiger partial charge in [-0.1, -0.05) is 29.8 Å². The lowest BCUT2D eigenvalue weighted by molar-refractivity contribution is 0.415. The SMILES string of the molecule is COc1ccc(N=Cc2cccn2-c2ccccc2)cc1Cl. The van der Waals surface area contributed by atoms with Crippen molar-refractivity contribution in [3.05, 3.63) is 77.6 Å². The van der Waals surface area contributed by atoms with Crippen LogP contribution in [0.3, 0.4) is 0 Å². The molecule has 0 amide bonds. The van der Waals surface area contributed by atoms with Gasteiger partial charge in [0.15, 0.2) is 0 Å². The minimum atomic E-state index is 0.551. The molecule has 0 fully saturated rings. The van der Waals surface area contributed by atoms with Crippen LogP contribution in [-0.4, -0.2) is 17.9 Å². The average molecular weight is 311 g/mol. The molecule has 0 atom stereocenters. The Labute approximate surface area is 134 Å². The Hall–Kier alpha value is -2.52. The van der Waals surface area contributed by atoms with E-state index in [0.29, 0.717) is 10.8 Å². The van der Waals surface area contributed by atoms with Gasteiger partial charge in [-0.2, -0.15) is 0 Å². The first-order valence-electron chi connectivity index (χ1n) is 6.88. The number of halogens is 1. The summed E-state index contributed by atoms with van der Waals surface area (Å²) >= 11 is 6.11. The Morgan fingerprint density at radius 3 is 2.59 bits per heavy atom. The number of rotatable bonds is 4. The van der Waals surface area contributed by atoms with E-state index in [0.717, 1.165) is 17.1 Å². The van der Waals surface area contributed by atoms with E-state index >= 15 is 0 Å². The van der Waals surface area contributed by atoms with Crippen molar-refractivity contribution in [1.29, 1.82) is 0 Å². The number of aromatic nitrogens is 1. The van der Waals surface area contributed by atoms with Gasteiger partial charge in [-0.05, 0) is 42.5 Å². The molecule has 1 aromatic heterocycles. The smallest absolute Gasteiger partial charge is 0.137 e. The fourth-order valence-electron chi connectivity index (χ4n) is 2.20. The number of para-hydroxylation sites is 1. The van der Waals surface area contributed by atoms with Gasteiger partial charge in [0.1, 0.15) is 5.75 Å². The Morgan fingerprint density at radius 1 is 1.05 bits per heavy atom. The minimum absolute atomic E-state index is 0.551. The maximum atomic E-state index is 6.11. The Kier molecular flexibility index (Phi) is 4.26. The van der Waals surface area contributed by atoms with Gasteiger partial charge in [-0.25, -0.2) is 0 Å². The molecule has 0 N–H and O–H groups in total. The summed E-state index contributed by atoms with van der Waals surface area (Å²) in [6, 6.07) is 19.6. The van der Waals surface area contributed by atoms with Gasteiger partial charge < -0.3 is 9.30 Å². The number of hydrogen-bond donors (Lipinski definition) is 0. The molecule has 0 aliphatic carbocycles. The molecule has 22 heavy (non-hydrogen) atoms. The zero-order valence-electron chi connectivity index (χ0n) is 12.1. The largest absolute Gasteiger partial charge is 0.495 e. The second-order valence-electron chi connectivity index (χ2n) is 4.72. The van der Waals surface area contributed by atoms with Crippen LogP contribution >= 0.6 is 11.6 Å². The van der Waals surface area contributed by atoms with E-state index in [1.807, 2.05) is 54.9 Å². The number of aliphatic imine (C=N–C) groups is 1. The molecule has 4 heteroatoms. The first-order valence-corrected chi connectivity index (χ1v) is 7.26. The molecule has 3 aromatic rings. The van der Waals surface area contributed by atoms with E-state index in [4.69, 9.17) is 16.3 Å². The van der Waals surface area contributed by atoms with Crippen LogP contribution in [0.15, 0.2) is 71.9 Å². The van der Waals surface area contributed by atoms with E-state index < -0.39 is 0 Å². The molecule has 2 aromatic carbocycles. The molecule has 1 heterocycles. The van der Waals surface area contributed by atoms with E-state index in [2.05, 4.69) is 21.7 Å². The zero-order chi connectivity index (χ0) is 15.4. The van der Waals surface area contributed by atoms with Crippen LogP contribution in [0.4, 0.5) is 5.69 Å². The number of hydrogen-bond acceptors (Lipinski definition) is 2. The third-order valence-corrected chi connectivity index (χ3v) is 3.59. The van der Waals surface area contributed by atoms with Gasteiger partial charge in [0.05, 0.1) is 29.7 Å². The van der Waals surface area contributed by atoms with Crippen molar-refractivity contribution in [2.24, 2.45) is 4.99 Å². The maximum absolute atomic E-state index is 6.11. The topological polar surface area (TPSA) is 26.5 Å². The quantitative estimate of drug-likeness (QED) is 0.630. The molecule has 0 saturated heterocycles. The molecule has 0 spiro atoms. The maximum Gasteiger partial charge on any atom is 0.137 e. The predicted molar refractivity (Wildman–Crippen MR) is 91.0 cm³/mol. The molecule has 0 unspecified atom stereocenters. The Morgan fingerprint density at radius 2 is 1.86 bits per heavy atom. The lowest BCUT2D eigenvalue weighted by Gasteiger charge is -2.06. The van der Waals surface area contributed by atoms with Crippen molar-refractivity contribution in [1.82, 2.24) is 4.57 Å². The highest BCUT2D eigenvalue weighted by atomic mass is 35.5. The van der Waals surface area contributed by atoms with Gasteiger partial charge >= 0.3 is 0 Å². The lowest BCUT2D eigenvalue weighted by atomic mass is 10.3. The normalized spacial score (nSPS) is 11.0. The zero-order valence-corrected chi connectivity index (χ0v) is 12.9. The van der Waals surface area contributed by atoms with Crippen LogP contribution in [0.1, 0.15) is 5.69 Å². The molecule has 3 nitrogen and oxygen atoms in total. The van der Waals surface area contributed by atoms with Crippen LogP contribution < -0.4 is 4.74 Å². The van der Waals surface area contributed by atoms with Crippen molar-refractivity contribution < 1.29 is 4.74 Å². The lowest BCUT2D eigenvalue weighted by Crippen LogP contribution is -1.97. The van der Waals surface area contributed by atoms with Gasteiger partial charge in [0, 0.05) is 11.9 Å². The third-order valence-electron chi connectivity index (χ3n) is 3.30. The standard InChI is InChI=1S/C18H15ClN2O/c1-22-18-10-9-14(12-17(18)19)20-13-16-8-5-11-21(16)15-6-3-2-4-7-15/h2-13H,1H3.